The second-order valence-electron chi connectivity index (χ2n) is 6.16. The smallest absolute Gasteiger partial charge is 0.406 e. The number of fused-ring (bicyclic) bond motifs is 1. The zero-order chi connectivity index (χ0) is 19.8. The highest BCUT2D eigenvalue weighted by Gasteiger charge is 2.31. The van der Waals surface area contributed by atoms with Crippen LogP contribution in [0.4, 0.5) is 13.2 Å². The van der Waals surface area contributed by atoms with Gasteiger partial charge in [-0.15, -0.1) is 13.2 Å². The molecule has 146 valence electrons. The van der Waals surface area contributed by atoms with E-state index in [1.165, 1.54) is 10.7 Å². The Kier molecular flexibility index (Phi) is 5.00. The highest BCUT2D eigenvalue weighted by Crippen LogP contribution is 2.25. The number of rotatable bonds is 4. The van der Waals surface area contributed by atoms with Gasteiger partial charge in [0.25, 0.3) is 5.56 Å². The average Bonchev–Trinajstić information content (AvgIpc) is 2.55. The van der Waals surface area contributed by atoms with Crippen LogP contribution in [-0.4, -0.2) is 30.6 Å². The Hall–Kier alpha value is -2.40. The topological polar surface area (TPSA) is 90.3 Å². The minimum Gasteiger partial charge on any atom is -0.406 e. The van der Waals surface area contributed by atoms with E-state index < -0.39 is 28.2 Å². The number of halogens is 3. The summed E-state index contributed by atoms with van der Waals surface area (Å²) in [5, 5.41) is 4.16. The lowest BCUT2D eigenvalue weighted by Gasteiger charge is -2.24. The van der Waals surface area contributed by atoms with E-state index in [9.17, 15) is 26.4 Å². The van der Waals surface area contributed by atoms with E-state index in [2.05, 4.69) is 14.6 Å². The maximum Gasteiger partial charge on any atom is 0.573 e. The monoisotopic (exact) mass is 403 g/mol. The minimum absolute atomic E-state index is 0.176. The molecule has 0 saturated heterocycles. The summed E-state index contributed by atoms with van der Waals surface area (Å²) < 4.78 is 69.0. The Labute approximate surface area is 152 Å². The highest BCUT2D eigenvalue weighted by atomic mass is 32.2. The van der Waals surface area contributed by atoms with Gasteiger partial charge in [-0.1, -0.05) is 0 Å². The molecule has 3 rings (SSSR count). The largest absolute Gasteiger partial charge is 0.573 e. The number of alkyl halides is 3. The van der Waals surface area contributed by atoms with Crippen LogP contribution >= 0.6 is 0 Å². The molecule has 0 aliphatic heterocycles. The van der Waals surface area contributed by atoms with Crippen molar-refractivity contribution in [1.29, 1.82) is 0 Å². The van der Waals surface area contributed by atoms with Crippen LogP contribution in [0.5, 0.6) is 5.75 Å². The average molecular weight is 403 g/mol. The Bertz CT molecular complexity index is 1000. The SMILES string of the molecule is Cn1nc2c(cc1=O)CC(NS(=O)(=O)c1ccc(OC(F)(F)F)cc1)CC2. The summed E-state index contributed by atoms with van der Waals surface area (Å²) in [6.07, 6.45) is -3.53. The lowest BCUT2D eigenvalue weighted by atomic mass is 9.93. The quantitative estimate of drug-likeness (QED) is 0.836. The highest BCUT2D eigenvalue weighted by molar-refractivity contribution is 7.89. The summed E-state index contributed by atoms with van der Waals surface area (Å²) in [5.41, 5.74) is 1.16. The lowest BCUT2D eigenvalue weighted by Crippen LogP contribution is -2.40. The van der Waals surface area contributed by atoms with Crippen molar-refractivity contribution in [1.82, 2.24) is 14.5 Å². The van der Waals surface area contributed by atoms with Crippen molar-refractivity contribution in [2.75, 3.05) is 0 Å². The Morgan fingerprint density at radius 2 is 1.93 bits per heavy atom. The molecule has 0 bridgehead atoms. The number of aryl methyl sites for hydroxylation is 2. The summed E-state index contributed by atoms with van der Waals surface area (Å²) in [6.45, 7) is 0. The summed E-state index contributed by atoms with van der Waals surface area (Å²) >= 11 is 0. The molecule has 0 radical (unpaired) electrons. The van der Waals surface area contributed by atoms with E-state index >= 15 is 0 Å². The van der Waals surface area contributed by atoms with Gasteiger partial charge >= 0.3 is 6.36 Å². The number of ether oxygens (including phenoxy) is 1. The van der Waals surface area contributed by atoms with Crippen LogP contribution in [0.2, 0.25) is 0 Å². The second kappa shape index (κ2) is 6.97. The molecule has 0 spiro atoms. The maximum absolute atomic E-state index is 12.5. The summed E-state index contributed by atoms with van der Waals surface area (Å²) in [7, 11) is -2.39. The molecule has 1 heterocycles. The first-order valence-electron chi connectivity index (χ1n) is 7.98. The number of nitrogens with one attached hydrogen (secondary N) is 1. The van der Waals surface area contributed by atoms with Crippen LogP contribution < -0.4 is 15.0 Å². The molecule has 1 aromatic carbocycles. The van der Waals surface area contributed by atoms with Crippen molar-refractivity contribution in [3.8, 4) is 5.75 Å². The van der Waals surface area contributed by atoms with Crippen LogP contribution in [0.1, 0.15) is 17.7 Å². The van der Waals surface area contributed by atoms with Crippen LogP contribution in [0.25, 0.3) is 0 Å². The standard InChI is InChI=1S/C16H16F3N3O4S/c1-22-15(23)9-10-8-11(2-7-14(10)20-22)21-27(24,25)13-5-3-12(4-6-13)26-16(17,18)19/h3-6,9,11,21H,2,7-8H2,1H3. The molecule has 1 aliphatic carbocycles. The summed E-state index contributed by atoms with van der Waals surface area (Å²) in [5.74, 6) is -0.505. The van der Waals surface area contributed by atoms with Crippen molar-refractivity contribution < 1.29 is 26.3 Å². The molecule has 7 nitrogen and oxygen atoms in total. The van der Waals surface area contributed by atoms with Gasteiger partial charge in [0.05, 0.1) is 10.6 Å². The van der Waals surface area contributed by atoms with Gasteiger partial charge in [-0.2, -0.15) is 5.10 Å². The first-order chi connectivity index (χ1) is 12.5. The molecular formula is C16H16F3N3O4S. The Morgan fingerprint density at radius 3 is 2.56 bits per heavy atom. The zero-order valence-electron chi connectivity index (χ0n) is 14.2. The third-order valence-corrected chi connectivity index (χ3v) is 5.68. The second-order valence-corrected chi connectivity index (χ2v) is 7.87. The molecule has 1 aliphatic rings. The molecule has 0 saturated carbocycles. The van der Waals surface area contributed by atoms with Gasteiger partial charge in [-0.25, -0.2) is 17.8 Å². The normalized spacial score (nSPS) is 17.4. The van der Waals surface area contributed by atoms with E-state index in [-0.39, 0.29) is 10.5 Å². The lowest BCUT2D eigenvalue weighted by molar-refractivity contribution is -0.274. The molecule has 1 N–H and O–H groups in total. The fraction of sp³-hybridized carbons (Fsp3) is 0.375. The maximum atomic E-state index is 12.5. The molecule has 1 atom stereocenters. The number of hydrogen-bond donors (Lipinski definition) is 1. The number of sulfonamides is 1. The first kappa shape index (κ1) is 19.4. The summed E-state index contributed by atoms with van der Waals surface area (Å²) in [4.78, 5) is 11.5. The molecule has 1 unspecified atom stereocenters. The van der Waals surface area contributed by atoms with E-state index in [1.807, 2.05) is 0 Å². The van der Waals surface area contributed by atoms with E-state index in [0.29, 0.717) is 24.8 Å². The summed E-state index contributed by atoms with van der Waals surface area (Å²) in [6, 6.07) is 4.95. The fourth-order valence-electron chi connectivity index (χ4n) is 2.89. The van der Waals surface area contributed by atoms with Gasteiger partial charge in [0.15, 0.2) is 0 Å². The number of nitrogens with zero attached hydrogens (tertiary/aromatic N) is 2. The van der Waals surface area contributed by atoms with Crippen molar-refractivity contribution in [3.63, 3.8) is 0 Å². The van der Waals surface area contributed by atoms with Crippen LogP contribution in [0, 0.1) is 0 Å². The molecule has 27 heavy (non-hydrogen) atoms. The van der Waals surface area contributed by atoms with Crippen molar-refractivity contribution >= 4 is 10.0 Å². The van der Waals surface area contributed by atoms with Gasteiger partial charge in [0.1, 0.15) is 5.75 Å². The Balaban J connectivity index is 1.73. The fourth-order valence-corrected chi connectivity index (χ4v) is 4.17. The number of benzene rings is 1. The predicted molar refractivity (Wildman–Crippen MR) is 88.7 cm³/mol. The van der Waals surface area contributed by atoms with Crippen molar-refractivity contribution in [2.45, 2.75) is 36.6 Å². The number of hydrogen-bond acceptors (Lipinski definition) is 5. The van der Waals surface area contributed by atoms with Crippen LogP contribution in [-0.2, 0) is 29.9 Å². The third kappa shape index (κ3) is 4.66. The Morgan fingerprint density at radius 1 is 1.26 bits per heavy atom. The van der Waals surface area contributed by atoms with Crippen molar-refractivity contribution in [2.24, 2.45) is 7.05 Å². The van der Waals surface area contributed by atoms with E-state index in [4.69, 9.17) is 0 Å². The van der Waals surface area contributed by atoms with Crippen molar-refractivity contribution in [3.05, 3.63) is 51.9 Å². The molecule has 11 heteroatoms. The third-order valence-electron chi connectivity index (χ3n) is 4.14. The van der Waals surface area contributed by atoms with Gasteiger partial charge in [-0.3, -0.25) is 4.79 Å². The zero-order valence-corrected chi connectivity index (χ0v) is 15.0. The predicted octanol–water partition coefficient (Wildman–Crippen LogP) is 1.51. The number of aromatic nitrogens is 2. The molecule has 0 amide bonds. The van der Waals surface area contributed by atoms with Gasteiger partial charge in [0, 0.05) is 19.2 Å². The molecule has 0 fully saturated rings. The first-order valence-corrected chi connectivity index (χ1v) is 9.46. The molecule has 1 aromatic heterocycles. The van der Waals surface area contributed by atoms with Crippen LogP contribution in [0.15, 0.2) is 40.0 Å². The molecule has 2 aromatic rings. The minimum atomic E-state index is -4.85. The van der Waals surface area contributed by atoms with E-state index in [0.717, 1.165) is 30.0 Å². The van der Waals surface area contributed by atoms with Gasteiger partial charge in [0.2, 0.25) is 10.0 Å². The van der Waals surface area contributed by atoms with Gasteiger partial charge < -0.3 is 4.74 Å². The van der Waals surface area contributed by atoms with Crippen LogP contribution in [0.3, 0.4) is 0 Å². The molecular weight excluding hydrogens is 387 g/mol. The van der Waals surface area contributed by atoms with Gasteiger partial charge in [-0.05, 0) is 49.1 Å². The van der Waals surface area contributed by atoms with E-state index in [1.54, 1.807) is 7.05 Å².